The maximum absolute atomic E-state index is 12.0. The van der Waals surface area contributed by atoms with E-state index in [4.69, 9.17) is 32.7 Å². The van der Waals surface area contributed by atoms with Crippen molar-refractivity contribution in [3.8, 4) is 11.5 Å². The number of benzene rings is 2. The normalized spacial score (nSPS) is 10.7. The summed E-state index contributed by atoms with van der Waals surface area (Å²) in [6.07, 6.45) is 2.65. The number of methoxy groups -OCH3 is 1. The van der Waals surface area contributed by atoms with Gasteiger partial charge in [0.2, 0.25) is 5.78 Å². The summed E-state index contributed by atoms with van der Waals surface area (Å²) in [6, 6.07) is 9.03. The number of ketones is 1. The van der Waals surface area contributed by atoms with Crippen LogP contribution in [0.5, 0.6) is 11.5 Å². The number of aromatic hydroxyl groups is 1. The standard InChI is InChI=1S/C18H14Cl2O5/c1-24-17-8-11(2-6-15(17)21)3-7-18(23)25-10-16(22)13-5-4-12(19)9-14(13)20/h2-9,21H,10H2,1H3/b7-3+. The van der Waals surface area contributed by atoms with Gasteiger partial charge in [0.1, 0.15) is 0 Å². The summed E-state index contributed by atoms with van der Waals surface area (Å²) < 4.78 is 9.87. The molecule has 0 amide bonds. The number of hydrogen-bond donors (Lipinski definition) is 1. The van der Waals surface area contributed by atoms with E-state index in [9.17, 15) is 14.7 Å². The highest BCUT2D eigenvalue weighted by atomic mass is 35.5. The van der Waals surface area contributed by atoms with Crippen LogP contribution in [-0.2, 0) is 9.53 Å². The van der Waals surface area contributed by atoms with E-state index < -0.39 is 18.4 Å². The van der Waals surface area contributed by atoms with Crippen LogP contribution < -0.4 is 4.74 Å². The Morgan fingerprint density at radius 1 is 1.16 bits per heavy atom. The van der Waals surface area contributed by atoms with Crippen molar-refractivity contribution in [1.29, 1.82) is 0 Å². The fourth-order valence-corrected chi connectivity index (χ4v) is 2.45. The number of halogens is 2. The second kappa shape index (κ2) is 8.55. The van der Waals surface area contributed by atoms with Gasteiger partial charge >= 0.3 is 5.97 Å². The van der Waals surface area contributed by atoms with Crippen molar-refractivity contribution in [2.75, 3.05) is 13.7 Å². The van der Waals surface area contributed by atoms with Gasteiger partial charge in [-0.2, -0.15) is 0 Å². The number of phenols is 1. The lowest BCUT2D eigenvalue weighted by molar-refractivity contribution is -0.136. The van der Waals surface area contributed by atoms with E-state index >= 15 is 0 Å². The first-order valence-electron chi connectivity index (χ1n) is 7.11. The van der Waals surface area contributed by atoms with E-state index in [1.807, 2.05) is 0 Å². The molecule has 0 unspecified atom stereocenters. The summed E-state index contributed by atoms with van der Waals surface area (Å²) in [7, 11) is 1.42. The molecule has 0 aliphatic heterocycles. The second-order valence-electron chi connectivity index (χ2n) is 4.92. The third-order valence-corrected chi connectivity index (χ3v) is 3.74. The molecule has 0 aromatic heterocycles. The Kier molecular flexibility index (Phi) is 6.44. The van der Waals surface area contributed by atoms with Gasteiger partial charge in [-0.15, -0.1) is 0 Å². The van der Waals surface area contributed by atoms with Crippen molar-refractivity contribution >= 4 is 41.0 Å². The number of carbonyl (C=O) groups excluding carboxylic acids is 2. The highest BCUT2D eigenvalue weighted by molar-refractivity contribution is 6.36. The van der Waals surface area contributed by atoms with Crippen LogP contribution in [0.15, 0.2) is 42.5 Å². The van der Waals surface area contributed by atoms with Gasteiger partial charge in [0, 0.05) is 16.7 Å². The maximum atomic E-state index is 12.0. The molecule has 7 heteroatoms. The Balaban J connectivity index is 1.95. The van der Waals surface area contributed by atoms with Crippen LogP contribution in [0.25, 0.3) is 6.08 Å². The minimum absolute atomic E-state index is 0.00679. The molecule has 5 nitrogen and oxygen atoms in total. The molecule has 2 aromatic rings. The van der Waals surface area contributed by atoms with Crippen LogP contribution in [0, 0.1) is 0 Å². The van der Waals surface area contributed by atoms with Crippen molar-refractivity contribution in [1.82, 2.24) is 0 Å². The Morgan fingerprint density at radius 3 is 2.60 bits per heavy atom. The lowest BCUT2D eigenvalue weighted by Crippen LogP contribution is -2.13. The summed E-state index contributed by atoms with van der Waals surface area (Å²) in [6.45, 7) is -0.441. The number of phenolic OH excluding ortho intramolecular Hbond substituents is 1. The average Bonchev–Trinajstić information content (AvgIpc) is 2.59. The largest absolute Gasteiger partial charge is 0.504 e. The highest BCUT2D eigenvalue weighted by Gasteiger charge is 2.12. The smallest absolute Gasteiger partial charge is 0.331 e. The summed E-state index contributed by atoms with van der Waals surface area (Å²) in [5.74, 6) is -0.851. The molecule has 0 bridgehead atoms. The minimum Gasteiger partial charge on any atom is -0.504 e. The molecule has 130 valence electrons. The molecule has 0 spiro atoms. The van der Waals surface area contributed by atoms with Crippen LogP contribution in [0.3, 0.4) is 0 Å². The molecule has 1 N–H and O–H groups in total. The predicted molar refractivity (Wildman–Crippen MR) is 95.4 cm³/mol. The van der Waals surface area contributed by atoms with Crippen LogP contribution in [0.4, 0.5) is 0 Å². The molecule has 2 aromatic carbocycles. The molecule has 0 aliphatic carbocycles. The van der Waals surface area contributed by atoms with Gasteiger partial charge < -0.3 is 14.6 Å². The van der Waals surface area contributed by atoms with Crippen molar-refractivity contribution in [3.63, 3.8) is 0 Å². The molecule has 0 atom stereocenters. The topological polar surface area (TPSA) is 72.8 Å². The molecule has 0 radical (unpaired) electrons. The Hall–Kier alpha value is -2.50. The van der Waals surface area contributed by atoms with E-state index in [-0.39, 0.29) is 22.1 Å². The zero-order chi connectivity index (χ0) is 18.4. The molecule has 0 saturated heterocycles. The average molecular weight is 381 g/mol. The number of hydrogen-bond acceptors (Lipinski definition) is 5. The quantitative estimate of drug-likeness (QED) is 0.463. The third-order valence-electron chi connectivity index (χ3n) is 3.19. The molecule has 25 heavy (non-hydrogen) atoms. The maximum Gasteiger partial charge on any atom is 0.331 e. The van der Waals surface area contributed by atoms with E-state index in [2.05, 4.69) is 0 Å². The van der Waals surface area contributed by atoms with Crippen LogP contribution >= 0.6 is 23.2 Å². The first-order valence-corrected chi connectivity index (χ1v) is 7.86. The SMILES string of the molecule is COc1cc(/C=C/C(=O)OCC(=O)c2ccc(Cl)cc2Cl)ccc1O. The molecule has 0 saturated carbocycles. The number of rotatable bonds is 6. The van der Waals surface area contributed by atoms with Gasteiger partial charge in [-0.3, -0.25) is 4.79 Å². The Labute approximate surface area is 154 Å². The molecule has 2 rings (SSSR count). The Morgan fingerprint density at radius 2 is 1.92 bits per heavy atom. The van der Waals surface area contributed by atoms with E-state index in [0.717, 1.165) is 0 Å². The van der Waals surface area contributed by atoms with Crippen molar-refractivity contribution in [3.05, 3.63) is 63.6 Å². The van der Waals surface area contributed by atoms with E-state index in [1.165, 1.54) is 43.5 Å². The summed E-state index contributed by atoms with van der Waals surface area (Å²) in [4.78, 5) is 23.7. The number of Topliss-reactive ketones (excluding diaryl/α,β-unsaturated/α-hetero) is 1. The van der Waals surface area contributed by atoms with Crippen molar-refractivity contribution in [2.45, 2.75) is 0 Å². The van der Waals surface area contributed by atoms with Crippen LogP contribution in [-0.4, -0.2) is 30.6 Å². The molecule has 0 fully saturated rings. The summed E-state index contributed by atoms with van der Waals surface area (Å²) in [5, 5.41) is 10.1. The molecule has 0 heterocycles. The van der Waals surface area contributed by atoms with Crippen LogP contribution in [0.2, 0.25) is 10.0 Å². The number of esters is 1. The molecular weight excluding hydrogens is 367 g/mol. The number of carbonyl (C=O) groups is 2. The van der Waals surface area contributed by atoms with Gasteiger partial charge in [0.15, 0.2) is 18.1 Å². The van der Waals surface area contributed by atoms with Gasteiger partial charge in [-0.25, -0.2) is 4.79 Å². The Bertz CT molecular complexity index is 830. The summed E-state index contributed by atoms with van der Waals surface area (Å²) in [5.41, 5.74) is 0.852. The first kappa shape index (κ1) is 18.8. The first-order chi connectivity index (χ1) is 11.9. The zero-order valence-corrected chi connectivity index (χ0v) is 14.7. The van der Waals surface area contributed by atoms with Gasteiger partial charge in [-0.05, 0) is 42.0 Å². The van der Waals surface area contributed by atoms with Gasteiger partial charge in [-0.1, -0.05) is 29.3 Å². The minimum atomic E-state index is -0.689. The second-order valence-corrected chi connectivity index (χ2v) is 5.76. The lowest BCUT2D eigenvalue weighted by Gasteiger charge is -2.05. The van der Waals surface area contributed by atoms with Crippen molar-refractivity contribution in [2.24, 2.45) is 0 Å². The van der Waals surface area contributed by atoms with E-state index in [0.29, 0.717) is 10.6 Å². The van der Waals surface area contributed by atoms with E-state index in [1.54, 1.807) is 12.1 Å². The predicted octanol–water partition coefficient (Wildman–Crippen LogP) is 4.15. The molecular formula is C18H14Cl2O5. The number of ether oxygens (including phenoxy) is 2. The van der Waals surface area contributed by atoms with Gasteiger partial charge in [0.05, 0.1) is 12.1 Å². The fourth-order valence-electron chi connectivity index (χ4n) is 1.94. The van der Waals surface area contributed by atoms with Crippen LogP contribution in [0.1, 0.15) is 15.9 Å². The highest BCUT2D eigenvalue weighted by Crippen LogP contribution is 2.26. The van der Waals surface area contributed by atoms with Gasteiger partial charge in [0.25, 0.3) is 0 Å². The van der Waals surface area contributed by atoms with Crippen molar-refractivity contribution < 1.29 is 24.2 Å². The summed E-state index contributed by atoms with van der Waals surface area (Å²) >= 11 is 11.7. The zero-order valence-electron chi connectivity index (χ0n) is 13.2. The third kappa shape index (κ3) is 5.24. The lowest BCUT2D eigenvalue weighted by atomic mass is 10.1. The fraction of sp³-hybridized carbons (Fsp3) is 0.111. The molecule has 0 aliphatic rings. The monoisotopic (exact) mass is 380 g/mol.